The lowest BCUT2D eigenvalue weighted by Gasteiger charge is -2.05. The summed E-state index contributed by atoms with van der Waals surface area (Å²) in [5.41, 5.74) is 0.642. The van der Waals surface area contributed by atoms with Crippen molar-refractivity contribution in [2.75, 3.05) is 0 Å². The molecular formula is C14H6Cl2N4O. The van der Waals surface area contributed by atoms with Crippen molar-refractivity contribution in [1.82, 2.24) is 9.97 Å². The number of hydrogen-bond acceptors (Lipinski definition) is 5. The highest BCUT2D eigenvalue weighted by Gasteiger charge is 2.05. The highest BCUT2D eigenvalue weighted by atomic mass is 35.5. The minimum absolute atomic E-state index is 0.00191. The van der Waals surface area contributed by atoms with E-state index in [2.05, 4.69) is 9.97 Å². The van der Waals surface area contributed by atoms with Crippen LogP contribution in [0.4, 0.5) is 0 Å². The van der Waals surface area contributed by atoms with Crippen LogP contribution in [0.2, 0.25) is 10.2 Å². The Morgan fingerprint density at radius 2 is 2.00 bits per heavy atom. The van der Waals surface area contributed by atoms with Crippen molar-refractivity contribution in [3.05, 3.63) is 51.8 Å². The largest absolute Gasteiger partial charge is 0.424 e. The fraction of sp³-hybridized carbons (Fsp3) is 0. The second-order valence-electron chi connectivity index (χ2n) is 3.75. The Balaban J connectivity index is 2.26. The van der Waals surface area contributed by atoms with E-state index in [-0.39, 0.29) is 21.8 Å². The predicted octanol–water partition coefficient (Wildman–Crippen LogP) is 4.01. The molecule has 1 heterocycles. The Morgan fingerprint density at radius 3 is 2.67 bits per heavy atom. The van der Waals surface area contributed by atoms with Crippen LogP contribution in [0.5, 0.6) is 11.8 Å². The van der Waals surface area contributed by atoms with Gasteiger partial charge in [-0.05, 0) is 23.8 Å². The number of nitrogens with zero attached hydrogens (tertiary/aromatic N) is 4. The number of allylic oxidation sites excluding steroid dienone is 1. The summed E-state index contributed by atoms with van der Waals surface area (Å²) in [6.07, 6.45) is 2.78. The Bertz CT molecular complexity index is 774. The number of nitriles is 2. The molecule has 0 saturated carbocycles. The van der Waals surface area contributed by atoms with Crippen LogP contribution in [-0.2, 0) is 0 Å². The number of rotatable bonds is 3. The molecule has 0 fully saturated rings. The maximum absolute atomic E-state index is 8.73. The van der Waals surface area contributed by atoms with Crippen molar-refractivity contribution in [2.45, 2.75) is 0 Å². The van der Waals surface area contributed by atoms with E-state index in [0.717, 1.165) is 0 Å². The zero-order chi connectivity index (χ0) is 15.2. The minimum Gasteiger partial charge on any atom is -0.424 e. The molecule has 21 heavy (non-hydrogen) atoms. The van der Waals surface area contributed by atoms with Crippen molar-refractivity contribution in [3.8, 4) is 23.9 Å². The fourth-order valence-corrected chi connectivity index (χ4v) is 1.62. The third-order valence-corrected chi connectivity index (χ3v) is 2.96. The fourth-order valence-electron chi connectivity index (χ4n) is 1.41. The summed E-state index contributed by atoms with van der Waals surface area (Å²) in [5, 5.41) is 17.8. The Morgan fingerprint density at radius 1 is 1.24 bits per heavy atom. The van der Waals surface area contributed by atoms with Gasteiger partial charge in [-0.25, -0.2) is 4.98 Å². The first-order valence-electron chi connectivity index (χ1n) is 5.60. The van der Waals surface area contributed by atoms with E-state index in [9.17, 15) is 0 Å². The minimum atomic E-state index is -0.00191. The van der Waals surface area contributed by atoms with Gasteiger partial charge in [0.15, 0.2) is 5.15 Å². The lowest BCUT2D eigenvalue weighted by molar-refractivity contribution is 0.442. The van der Waals surface area contributed by atoms with Crippen LogP contribution < -0.4 is 4.74 Å². The standard InChI is InChI=1S/C14H6Cl2N4O/c15-12-8-19-14(20-13(12)16)21-11-3-1-2-9(5-11)4-10(6-17)7-18/h1-5,8H. The van der Waals surface area contributed by atoms with E-state index in [1.807, 2.05) is 0 Å². The normalized spacial score (nSPS) is 9.33. The summed E-state index contributed by atoms with van der Waals surface area (Å²) in [4.78, 5) is 7.76. The molecule has 1 aromatic carbocycles. The van der Waals surface area contributed by atoms with Crippen molar-refractivity contribution >= 4 is 29.3 Å². The molecule has 0 radical (unpaired) electrons. The molecule has 0 aliphatic heterocycles. The third-order valence-electron chi connectivity index (χ3n) is 2.30. The first-order valence-corrected chi connectivity index (χ1v) is 6.36. The van der Waals surface area contributed by atoms with Crippen molar-refractivity contribution in [3.63, 3.8) is 0 Å². The maximum atomic E-state index is 8.73. The lowest BCUT2D eigenvalue weighted by atomic mass is 10.1. The Hall–Kier alpha value is -2.60. The summed E-state index contributed by atoms with van der Waals surface area (Å²) >= 11 is 11.5. The van der Waals surface area contributed by atoms with Crippen molar-refractivity contribution in [1.29, 1.82) is 10.5 Å². The summed E-state index contributed by atoms with van der Waals surface area (Å²) in [6.45, 7) is 0. The van der Waals surface area contributed by atoms with Crippen LogP contribution in [-0.4, -0.2) is 9.97 Å². The summed E-state index contributed by atoms with van der Waals surface area (Å²) < 4.78 is 5.44. The van der Waals surface area contributed by atoms with Gasteiger partial charge in [-0.3, -0.25) is 0 Å². The number of benzene rings is 1. The van der Waals surface area contributed by atoms with Crippen LogP contribution >= 0.6 is 23.2 Å². The molecule has 0 bridgehead atoms. The van der Waals surface area contributed by atoms with Gasteiger partial charge in [-0.15, -0.1) is 0 Å². The first-order chi connectivity index (χ1) is 10.1. The van der Waals surface area contributed by atoms with Crippen LogP contribution in [0, 0.1) is 22.7 Å². The van der Waals surface area contributed by atoms with Gasteiger partial charge in [-0.2, -0.15) is 15.5 Å². The number of hydrogen-bond donors (Lipinski definition) is 0. The molecule has 0 amide bonds. The van der Waals surface area contributed by atoms with Gasteiger partial charge in [0.2, 0.25) is 0 Å². The van der Waals surface area contributed by atoms with E-state index in [1.165, 1.54) is 12.3 Å². The topological polar surface area (TPSA) is 82.6 Å². The van der Waals surface area contributed by atoms with Gasteiger partial charge in [0.25, 0.3) is 0 Å². The molecule has 5 nitrogen and oxygen atoms in total. The number of halogens is 2. The van der Waals surface area contributed by atoms with Gasteiger partial charge in [0.1, 0.15) is 23.5 Å². The van der Waals surface area contributed by atoms with Gasteiger partial charge in [0.05, 0.1) is 11.2 Å². The molecular weight excluding hydrogens is 311 g/mol. The van der Waals surface area contributed by atoms with E-state index in [4.69, 9.17) is 38.5 Å². The van der Waals surface area contributed by atoms with Gasteiger partial charge < -0.3 is 4.74 Å². The van der Waals surface area contributed by atoms with Crippen LogP contribution in [0.3, 0.4) is 0 Å². The Labute approximate surface area is 130 Å². The van der Waals surface area contributed by atoms with Crippen LogP contribution in [0.1, 0.15) is 5.56 Å². The molecule has 0 saturated heterocycles. The molecule has 2 aromatic rings. The summed E-state index contributed by atoms with van der Waals surface area (Å²) in [6, 6.07) is 10.4. The molecule has 7 heteroatoms. The van der Waals surface area contributed by atoms with Gasteiger partial charge >= 0.3 is 6.01 Å². The molecule has 0 aliphatic carbocycles. The average molecular weight is 317 g/mol. The predicted molar refractivity (Wildman–Crippen MR) is 77.8 cm³/mol. The van der Waals surface area contributed by atoms with Gasteiger partial charge in [-0.1, -0.05) is 35.3 Å². The summed E-state index contributed by atoms with van der Waals surface area (Å²) in [5.74, 6) is 0.442. The Kier molecular flexibility index (Phi) is 4.73. The lowest BCUT2D eigenvalue weighted by Crippen LogP contribution is -1.92. The average Bonchev–Trinajstić information content (AvgIpc) is 2.49. The first kappa shape index (κ1) is 14.8. The molecule has 0 aliphatic rings. The molecule has 1 aromatic heterocycles. The molecule has 0 spiro atoms. The van der Waals surface area contributed by atoms with Crippen LogP contribution in [0.25, 0.3) is 6.08 Å². The smallest absolute Gasteiger partial charge is 0.323 e. The SMILES string of the molecule is N#CC(C#N)=Cc1cccc(Oc2ncc(Cl)c(Cl)n2)c1. The van der Waals surface area contributed by atoms with Gasteiger partial charge in [0, 0.05) is 0 Å². The van der Waals surface area contributed by atoms with Crippen molar-refractivity contribution < 1.29 is 4.74 Å². The highest BCUT2D eigenvalue weighted by Crippen LogP contribution is 2.24. The van der Waals surface area contributed by atoms with E-state index in [0.29, 0.717) is 11.3 Å². The molecule has 102 valence electrons. The van der Waals surface area contributed by atoms with E-state index >= 15 is 0 Å². The second kappa shape index (κ2) is 6.71. The van der Waals surface area contributed by atoms with Crippen LogP contribution in [0.15, 0.2) is 36.0 Å². The number of aromatic nitrogens is 2. The maximum Gasteiger partial charge on any atom is 0.323 e. The quantitative estimate of drug-likeness (QED) is 0.631. The zero-order valence-corrected chi connectivity index (χ0v) is 11.9. The summed E-state index contributed by atoms with van der Waals surface area (Å²) in [7, 11) is 0. The highest BCUT2D eigenvalue weighted by molar-refractivity contribution is 6.41. The van der Waals surface area contributed by atoms with E-state index in [1.54, 1.807) is 36.4 Å². The third kappa shape index (κ3) is 3.93. The molecule has 0 unspecified atom stereocenters. The number of ether oxygens (including phenoxy) is 1. The molecule has 0 atom stereocenters. The van der Waals surface area contributed by atoms with E-state index < -0.39 is 0 Å². The monoisotopic (exact) mass is 316 g/mol. The second-order valence-corrected chi connectivity index (χ2v) is 4.51. The molecule has 2 rings (SSSR count). The zero-order valence-electron chi connectivity index (χ0n) is 10.4. The van der Waals surface area contributed by atoms with Crippen molar-refractivity contribution in [2.24, 2.45) is 0 Å². The molecule has 0 N–H and O–H groups in total.